The molecule has 1 heterocycles. The summed E-state index contributed by atoms with van der Waals surface area (Å²) in [5.41, 5.74) is 0.900. The first-order valence-corrected chi connectivity index (χ1v) is 9.00. The third-order valence-electron chi connectivity index (χ3n) is 4.22. The van der Waals surface area contributed by atoms with Crippen molar-refractivity contribution < 1.29 is 14.3 Å². The third kappa shape index (κ3) is 3.58. The van der Waals surface area contributed by atoms with Crippen LogP contribution in [0.15, 0.2) is 29.6 Å². The van der Waals surface area contributed by atoms with Gasteiger partial charge >= 0.3 is 5.97 Å². The predicted molar refractivity (Wildman–Crippen MR) is 93.5 cm³/mol. The van der Waals surface area contributed by atoms with Crippen LogP contribution in [0.4, 0.5) is 0 Å². The van der Waals surface area contributed by atoms with E-state index in [0.717, 1.165) is 11.3 Å². The zero-order valence-corrected chi connectivity index (χ0v) is 15.1. The molecular formula is C18H15ClN2O3S. The van der Waals surface area contributed by atoms with E-state index in [9.17, 15) is 14.9 Å². The van der Waals surface area contributed by atoms with Crippen molar-refractivity contribution in [3.8, 4) is 6.07 Å². The van der Waals surface area contributed by atoms with Crippen LogP contribution in [0.5, 0.6) is 0 Å². The number of ether oxygens (including phenoxy) is 1. The first-order chi connectivity index (χ1) is 12.0. The lowest BCUT2D eigenvalue weighted by molar-refractivity contribution is -0.150. The summed E-state index contributed by atoms with van der Waals surface area (Å²) in [6.07, 6.45) is 1.35. The molecule has 1 aromatic heterocycles. The van der Waals surface area contributed by atoms with Gasteiger partial charge in [-0.3, -0.25) is 9.59 Å². The highest BCUT2D eigenvalue weighted by molar-refractivity contribution is 7.09. The molecule has 1 fully saturated rings. The van der Waals surface area contributed by atoms with Crippen LogP contribution in [0, 0.1) is 18.3 Å². The number of ketones is 1. The lowest BCUT2D eigenvalue weighted by Gasteiger charge is -2.15. The van der Waals surface area contributed by atoms with Gasteiger partial charge in [-0.2, -0.15) is 5.26 Å². The number of hydrogen-bond acceptors (Lipinski definition) is 6. The zero-order valence-electron chi connectivity index (χ0n) is 13.5. The summed E-state index contributed by atoms with van der Waals surface area (Å²) in [5, 5.41) is 12.0. The first kappa shape index (κ1) is 17.6. The largest absolute Gasteiger partial charge is 0.457 e. The molecule has 1 aliphatic carbocycles. The Bertz CT molecular complexity index is 850. The monoisotopic (exact) mass is 374 g/mol. The molecule has 128 valence electrons. The van der Waals surface area contributed by atoms with Crippen LogP contribution >= 0.6 is 22.9 Å². The van der Waals surface area contributed by atoms with E-state index in [1.165, 1.54) is 11.3 Å². The van der Waals surface area contributed by atoms with Crippen molar-refractivity contribution in [2.75, 3.05) is 6.61 Å². The summed E-state index contributed by atoms with van der Waals surface area (Å²) in [6.45, 7) is 1.37. The molecule has 0 amide bonds. The number of hydrogen-bond donors (Lipinski definition) is 0. The van der Waals surface area contributed by atoms with E-state index in [1.54, 1.807) is 36.6 Å². The molecule has 1 saturated carbocycles. The number of aryl methyl sites for hydroxylation is 1. The van der Waals surface area contributed by atoms with Gasteiger partial charge in [-0.15, -0.1) is 11.3 Å². The number of halogens is 1. The van der Waals surface area contributed by atoms with Gasteiger partial charge in [0.1, 0.15) is 5.01 Å². The molecular weight excluding hydrogens is 360 g/mol. The number of nitriles is 1. The smallest absolute Gasteiger partial charge is 0.316 e. The van der Waals surface area contributed by atoms with Gasteiger partial charge in [0.25, 0.3) is 0 Å². The van der Waals surface area contributed by atoms with Crippen LogP contribution < -0.4 is 0 Å². The molecule has 1 aromatic carbocycles. The minimum atomic E-state index is -1.00. The van der Waals surface area contributed by atoms with Crippen molar-refractivity contribution in [3.63, 3.8) is 0 Å². The second-order valence-electron chi connectivity index (χ2n) is 6.02. The van der Waals surface area contributed by atoms with Crippen molar-refractivity contribution in [1.29, 1.82) is 5.26 Å². The molecule has 0 N–H and O–H groups in total. The van der Waals surface area contributed by atoms with Crippen LogP contribution in [-0.4, -0.2) is 23.3 Å². The number of esters is 1. The van der Waals surface area contributed by atoms with Crippen LogP contribution in [0.1, 0.15) is 35.0 Å². The Hall–Kier alpha value is -2.23. The van der Waals surface area contributed by atoms with Gasteiger partial charge in [0, 0.05) is 16.1 Å². The Balaban J connectivity index is 1.65. The fourth-order valence-electron chi connectivity index (χ4n) is 2.63. The minimum absolute atomic E-state index is 0.426. The average Bonchev–Trinajstić information content (AvgIpc) is 3.31. The fourth-order valence-corrected chi connectivity index (χ4v) is 3.62. The van der Waals surface area contributed by atoms with Gasteiger partial charge in [-0.25, -0.2) is 4.98 Å². The maximum Gasteiger partial charge on any atom is 0.316 e. The molecule has 25 heavy (non-hydrogen) atoms. The highest BCUT2D eigenvalue weighted by atomic mass is 35.5. The van der Waals surface area contributed by atoms with Crippen molar-refractivity contribution in [3.05, 3.63) is 50.9 Å². The van der Waals surface area contributed by atoms with E-state index in [-0.39, 0.29) is 0 Å². The third-order valence-corrected chi connectivity index (χ3v) is 5.50. The summed E-state index contributed by atoms with van der Waals surface area (Å²) in [5.74, 6) is -1.90. The molecule has 0 bridgehead atoms. The summed E-state index contributed by atoms with van der Waals surface area (Å²) < 4.78 is 5.23. The molecule has 0 radical (unpaired) electrons. The number of rotatable bonds is 6. The second kappa shape index (κ2) is 6.95. The number of Topliss-reactive ketones (excluding diaryl/α,β-unsaturated/α-hetero) is 1. The van der Waals surface area contributed by atoms with E-state index in [0.29, 0.717) is 22.9 Å². The molecule has 7 heteroatoms. The standard InChI is InChI=1S/C18H15ClN2O3S/c1-11-10-25-16(21-11)14(8-20)15(22)9-24-17(23)18(6-7-18)12-2-4-13(19)5-3-12/h2-5,10,14H,6-7,9H2,1H3/t14-/m1/s1. The summed E-state index contributed by atoms with van der Waals surface area (Å²) in [6, 6.07) is 9.00. The molecule has 1 atom stereocenters. The molecule has 1 aliphatic rings. The van der Waals surface area contributed by atoms with Crippen molar-refractivity contribution in [2.24, 2.45) is 0 Å². The zero-order chi connectivity index (χ0) is 18.0. The Morgan fingerprint density at radius 2 is 2.08 bits per heavy atom. The topological polar surface area (TPSA) is 80.0 Å². The molecule has 0 saturated heterocycles. The molecule has 2 aromatic rings. The van der Waals surface area contributed by atoms with Crippen LogP contribution in [0.3, 0.4) is 0 Å². The minimum Gasteiger partial charge on any atom is -0.457 e. The summed E-state index contributed by atoms with van der Waals surface area (Å²) in [7, 11) is 0. The fraction of sp³-hybridized carbons (Fsp3) is 0.333. The van der Waals surface area contributed by atoms with Crippen molar-refractivity contribution in [1.82, 2.24) is 4.98 Å². The first-order valence-electron chi connectivity index (χ1n) is 7.74. The van der Waals surface area contributed by atoms with Gasteiger partial charge in [0.2, 0.25) is 0 Å². The van der Waals surface area contributed by atoms with E-state index < -0.39 is 29.7 Å². The average molecular weight is 375 g/mol. The maximum absolute atomic E-state index is 12.5. The molecule has 5 nitrogen and oxygen atoms in total. The van der Waals surface area contributed by atoms with Crippen molar-refractivity contribution >= 4 is 34.7 Å². The lowest BCUT2D eigenvalue weighted by atomic mass is 9.96. The van der Waals surface area contributed by atoms with E-state index in [1.807, 2.05) is 6.07 Å². The van der Waals surface area contributed by atoms with Crippen LogP contribution in [0.25, 0.3) is 0 Å². The van der Waals surface area contributed by atoms with Crippen LogP contribution in [-0.2, 0) is 19.7 Å². The Morgan fingerprint density at radius 3 is 2.60 bits per heavy atom. The molecule has 0 aliphatic heterocycles. The number of aromatic nitrogens is 1. The number of thiazole rings is 1. The van der Waals surface area contributed by atoms with E-state index in [4.69, 9.17) is 16.3 Å². The summed E-state index contributed by atoms with van der Waals surface area (Å²) in [4.78, 5) is 28.9. The van der Waals surface area contributed by atoms with Gasteiger partial charge < -0.3 is 4.74 Å². The van der Waals surface area contributed by atoms with E-state index in [2.05, 4.69) is 4.98 Å². The maximum atomic E-state index is 12.5. The number of carbonyl (C=O) groups is 2. The SMILES string of the molecule is Cc1csc([C@H](C#N)C(=O)COC(=O)C2(c3ccc(Cl)cc3)CC2)n1. The Morgan fingerprint density at radius 1 is 1.40 bits per heavy atom. The second-order valence-corrected chi connectivity index (χ2v) is 7.35. The highest BCUT2D eigenvalue weighted by Crippen LogP contribution is 2.49. The molecule has 0 unspecified atom stereocenters. The molecule has 3 rings (SSSR count). The predicted octanol–water partition coefficient (Wildman–Crippen LogP) is 3.56. The van der Waals surface area contributed by atoms with Crippen molar-refractivity contribution in [2.45, 2.75) is 31.1 Å². The Labute approximate surface area is 154 Å². The van der Waals surface area contributed by atoms with Gasteiger partial charge in [0.15, 0.2) is 18.3 Å². The highest BCUT2D eigenvalue weighted by Gasteiger charge is 2.53. The quantitative estimate of drug-likeness (QED) is 0.722. The number of nitrogens with zero attached hydrogens (tertiary/aromatic N) is 2. The van der Waals surface area contributed by atoms with Gasteiger partial charge in [0.05, 0.1) is 11.5 Å². The number of carbonyl (C=O) groups excluding carboxylic acids is 2. The number of benzene rings is 1. The van der Waals surface area contributed by atoms with Gasteiger partial charge in [-0.05, 0) is 37.5 Å². The van der Waals surface area contributed by atoms with Crippen LogP contribution in [0.2, 0.25) is 5.02 Å². The molecule has 0 spiro atoms. The van der Waals surface area contributed by atoms with Gasteiger partial charge in [-0.1, -0.05) is 23.7 Å². The Kier molecular flexibility index (Phi) is 4.89. The normalized spacial score (nSPS) is 15.9. The van der Waals surface area contributed by atoms with E-state index >= 15 is 0 Å². The lowest BCUT2D eigenvalue weighted by Crippen LogP contribution is -2.27. The summed E-state index contributed by atoms with van der Waals surface area (Å²) >= 11 is 7.13.